The van der Waals surface area contributed by atoms with Gasteiger partial charge in [0.2, 0.25) is 5.95 Å². The largest absolute Gasteiger partial charge is 0.460 e. The second kappa shape index (κ2) is 5.41. The van der Waals surface area contributed by atoms with Crippen LogP contribution >= 0.6 is 0 Å². The molecule has 0 aromatic carbocycles. The molecule has 0 atom stereocenters. The summed E-state index contributed by atoms with van der Waals surface area (Å²) in [6.45, 7) is 3.95. The summed E-state index contributed by atoms with van der Waals surface area (Å²) in [7, 11) is 1.54. The van der Waals surface area contributed by atoms with Crippen LogP contribution in [0.5, 0.6) is 0 Å². The van der Waals surface area contributed by atoms with Crippen molar-refractivity contribution in [1.82, 2.24) is 9.97 Å². The third kappa shape index (κ3) is 2.90. The van der Waals surface area contributed by atoms with Crippen molar-refractivity contribution < 1.29 is 14.3 Å². The van der Waals surface area contributed by atoms with Gasteiger partial charge in [0.05, 0.1) is 18.0 Å². The van der Waals surface area contributed by atoms with Crippen molar-refractivity contribution in [2.24, 2.45) is 0 Å². The van der Waals surface area contributed by atoms with Gasteiger partial charge in [-0.25, -0.2) is 14.8 Å². The summed E-state index contributed by atoms with van der Waals surface area (Å²) in [5.74, 6) is -0.296. The van der Waals surface area contributed by atoms with Crippen LogP contribution in [0.15, 0.2) is 0 Å². The monoisotopic (exact) mass is 225 g/mol. The maximum absolute atomic E-state index is 11.7. The van der Waals surface area contributed by atoms with E-state index < -0.39 is 5.97 Å². The van der Waals surface area contributed by atoms with Crippen LogP contribution in [0.25, 0.3) is 0 Å². The van der Waals surface area contributed by atoms with Gasteiger partial charge in [-0.1, -0.05) is 0 Å². The zero-order valence-corrected chi connectivity index (χ0v) is 9.61. The van der Waals surface area contributed by atoms with Crippen LogP contribution < -0.4 is 5.73 Å². The molecule has 0 radical (unpaired) electrons. The normalized spacial score (nSPS) is 10.2. The highest BCUT2D eigenvalue weighted by molar-refractivity contribution is 5.91. The van der Waals surface area contributed by atoms with Crippen molar-refractivity contribution in [3.8, 4) is 0 Å². The average Bonchev–Trinajstić information content (AvgIpc) is 2.16. The van der Waals surface area contributed by atoms with Gasteiger partial charge in [0, 0.05) is 7.11 Å². The quantitative estimate of drug-likeness (QED) is 0.592. The molecule has 0 bridgehead atoms. The van der Waals surface area contributed by atoms with E-state index in [2.05, 4.69) is 9.97 Å². The van der Waals surface area contributed by atoms with Crippen LogP contribution in [0.1, 0.15) is 21.7 Å². The van der Waals surface area contributed by atoms with Gasteiger partial charge in [-0.2, -0.15) is 0 Å². The second-order valence-electron chi connectivity index (χ2n) is 3.26. The van der Waals surface area contributed by atoms with Crippen LogP contribution in [-0.4, -0.2) is 36.3 Å². The van der Waals surface area contributed by atoms with E-state index in [0.717, 1.165) is 0 Å². The lowest BCUT2D eigenvalue weighted by molar-refractivity contribution is 0.0385. The lowest BCUT2D eigenvalue weighted by atomic mass is 10.2. The molecule has 2 N–H and O–H groups in total. The van der Waals surface area contributed by atoms with Crippen LogP contribution in [0.3, 0.4) is 0 Å². The maximum atomic E-state index is 11.7. The first-order chi connectivity index (χ1) is 7.56. The van der Waals surface area contributed by atoms with Gasteiger partial charge < -0.3 is 15.2 Å². The number of hydrogen-bond donors (Lipinski definition) is 1. The standard InChI is InChI=1S/C10H15N3O3/c1-6-8(7(2)13-10(11)12-6)9(14)16-5-4-15-3/h4-5H2,1-3H3,(H2,11,12,13). The third-order valence-electron chi connectivity index (χ3n) is 2.01. The Labute approximate surface area is 93.8 Å². The molecule has 16 heavy (non-hydrogen) atoms. The highest BCUT2D eigenvalue weighted by atomic mass is 16.6. The molecule has 0 saturated heterocycles. The van der Waals surface area contributed by atoms with E-state index in [1.807, 2.05) is 0 Å². The molecule has 1 aromatic rings. The predicted molar refractivity (Wildman–Crippen MR) is 58.1 cm³/mol. The highest BCUT2D eigenvalue weighted by Gasteiger charge is 2.16. The first-order valence-corrected chi connectivity index (χ1v) is 4.83. The number of aromatic nitrogens is 2. The molecule has 1 rings (SSSR count). The van der Waals surface area contributed by atoms with E-state index in [4.69, 9.17) is 15.2 Å². The number of methoxy groups -OCH3 is 1. The topological polar surface area (TPSA) is 87.3 Å². The molecule has 0 amide bonds. The van der Waals surface area contributed by atoms with Gasteiger partial charge in [-0.05, 0) is 13.8 Å². The minimum atomic E-state index is -0.452. The Hall–Kier alpha value is -1.69. The number of esters is 1. The van der Waals surface area contributed by atoms with Crippen molar-refractivity contribution in [3.63, 3.8) is 0 Å². The Balaban J connectivity index is 2.83. The number of nitrogens with zero attached hydrogens (tertiary/aromatic N) is 2. The van der Waals surface area contributed by atoms with Crippen molar-refractivity contribution in [3.05, 3.63) is 17.0 Å². The summed E-state index contributed by atoms with van der Waals surface area (Å²) in [5.41, 5.74) is 6.86. The van der Waals surface area contributed by atoms with Crippen molar-refractivity contribution in [1.29, 1.82) is 0 Å². The molecule has 0 aliphatic carbocycles. The molecular formula is C10H15N3O3. The van der Waals surface area contributed by atoms with E-state index in [1.54, 1.807) is 13.8 Å². The first kappa shape index (κ1) is 12.4. The van der Waals surface area contributed by atoms with Gasteiger partial charge >= 0.3 is 5.97 Å². The summed E-state index contributed by atoms with van der Waals surface area (Å²) >= 11 is 0. The number of anilines is 1. The number of nitrogen functional groups attached to an aromatic ring is 1. The van der Waals surface area contributed by atoms with E-state index in [9.17, 15) is 4.79 Å². The highest BCUT2D eigenvalue weighted by Crippen LogP contribution is 2.12. The lowest BCUT2D eigenvalue weighted by Crippen LogP contribution is -2.15. The van der Waals surface area contributed by atoms with E-state index in [1.165, 1.54) is 7.11 Å². The fourth-order valence-electron chi connectivity index (χ4n) is 1.33. The Morgan fingerprint density at radius 2 is 1.81 bits per heavy atom. The summed E-state index contributed by atoms with van der Waals surface area (Å²) in [6.07, 6.45) is 0. The predicted octanol–water partition coefficient (Wildman–Crippen LogP) is 0.479. The molecule has 0 fully saturated rings. The Bertz CT molecular complexity index is 370. The zero-order chi connectivity index (χ0) is 12.1. The van der Waals surface area contributed by atoms with E-state index in [-0.39, 0.29) is 12.6 Å². The third-order valence-corrected chi connectivity index (χ3v) is 2.01. The molecule has 0 saturated carbocycles. The molecule has 0 spiro atoms. The summed E-state index contributed by atoms with van der Waals surface area (Å²) < 4.78 is 9.76. The first-order valence-electron chi connectivity index (χ1n) is 4.83. The average molecular weight is 225 g/mol. The minimum Gasteiger partial charge on any atom is -0.460 e. The molecule has 1 heterocycles. The van der Waals surface area contributed by atoms with Gasteiger partial charge in [0.1, 0.15) is 12.2 Å². The van der Waals surface area contributed by atoms with Crippen molar-refractivity contribution in [2.45, 2.75) is 13.8 Å². The number of nitrogens with two attached hydrogens (primary N) is 1. The van der Waals surface area contributed by atoms with Gasteiger partial charge in [0.15, 0.2) is 0 Å². The fourth-order valence-corrected chi connectivity index (χ4v) is 1.33. The number of ether oxygens (including phenoxy) is 2. The van der Waals surface area contributed by atoms with Gasteiger partial charge in [0.25, 0.3) is 0 Å². The summed E-state index contributed by atoms with van der Waals surface area (Å²) in [6, 6.07) is 0. The van der Waals surface area contributed by atoms with E-state index in [0.29, 0.717) is 23.6 Å². The van der Waals surface area contributed by atoms with Crippen LogP contribution in [0.2, 0.25) is 0 Å². The molecule has 0 unspecified atom stereocenters. The molecule has 1 aromatic heterocycles. The SMILES string of the molecule is COCCOC(=O)c1c(C)nc(N)nc1C. The number of aryl methyl sites for hydroxylation is 2. The molecule has 0 aliphatic heterocycles. The Morgan fingerprint density at radius 3 is 2.31 bits per heavy atom. The molecule has 6 nitrogen and oxygen atoms in total. The number of rotatable bonds is 4. The summed E-state index contributed by atoms with van der Waals surface area (Å²) in [4.78, 5) is 19.5. The van der Waals surface area contributed by atoms with Crippen LogP contribution in [0.4, 0.5) is 5.95 Å². The van der Waals surface area contributed by atoms with Crippen LogP contribution in [0, 0.1) is 13.8 Å². The van der Waals surface area contributed by atoms with E-state index >= 15 is 0 Å². The minimum absolute atomic E-state index is 0.156. The van der Waals surface area contributed by atoms with Gasteiger partial charge in [-0.15, -0.1) is 0 Å². The van der Waals surface area contributed by atoms with Crippen molar-refractivity contribution in [2.75, 3.05) is 26.1 Å². The number of carbonyl (C=O) groups is 1. The molecule has 0 aliphatic rings. The maximum Gasteiger partial charge on any atom is 0.341 e. The summed E-state index contributed by atoms with van der Waals surface area (Å²) in [5, 5.41) is 0. The van der Waals surface area contributed by atoms with Crippen LogP contribution in [-0.2, 0) is 9.47 Å². The molecule has 88 valence electrons. The molecule has 6 heteroatoms. The smallest absolute Gasteiger partial charge is 0.341 e. The van der Waals surface area contributed by atoms with Crippen molar-refractivity contribution >= 4 is 11.9 Å². The molecular weight excluding hydrogens is 210 g/mol. The fraction of sp³-hybridized carbons (Fsp3) is 0.500. The number of hydrogen-bond acceptors (Lipinski definition) is 6. The Kier molecular flexibility index (Phi) is 4.19. The van der Waals surface area contributed by atoms with Gasteiger partial charge in [-0.3, -0.25) is 0 Å². The lowest BCUT2D eigenvalue weighted by Gasteiger charge is -2.08. The second-order valence-corrected chi connectivity index (χ2v) is 3.26. The Morgan fingerprint density at radius 1 is 1.25 bits per heavy atom. The zero-order valence-electron chi connectivity index (χ0n) is 9.61. The number of carbonyl (C=O) groups excluding carboxylic acids is 1.